The Labute approximate surface area is 157 Å². The molecule has 0 aliphatic carbocycles. The summed E-state index contributed by atoms with van der Waals surface area (Å²) in [5.41, 5.74) is 2.17. The van der Waals surface area contributed by atoms with Crippen molar-refractivity contribution in [2.75, 3.05) is 39.9 Å². The molecule has 142 valence electrons. The number of carbonyl (C=O) groups excluding carboxylic acids is 1. The fraction of sp³-hybridized carbons (Fsp3) is 0.250. The fourth-order valence-electron chi connectivity index (χ4n) is 2.87. The summed E-state index contributed by atoms with van der Waals surface area (Å²) in [5, 5.41) is 0. The number of carbonyl (C=O) groups is 1. The third kappa shape index (κ3) is 3.62. The first kappa shape index (κ1) is 18.4. The molecule has 1 aliphatic heterocycles. The molecule has 2 aromatic rings. The van der Waals surface area contributed by atoms with Gasteiger partial charge in [-0.1, -0.05) is 0 Å². The topological polar surface area (TPSA) is 66.5 Å². The van der Waals surface area contributed by atoms with E-state index in [2.05, 4.69) is 0 Å². The van der Waals surface area contributed by atoms with E-state index < -0.39 is 6.09 Å². The van der Waals surface area contributed by atoms with E-state index in [0.717, 1.165) is 5.56 Å². The minimum atomic E-state index is -0.432. The number of benzene rings is 2. The summed E-state index contributed by atoms with van der Waals surface area (Å²) >= 11 is 0. The van der Waals surface area contributed by atoms with Gasteiger partial charge in [0.15, 0.2) is 11.5 Å². The lowest BCUT2D eigenvalue weighted by Gasteiger charge is -2.16. The number of hydrogen-bond donors (Lipinski definition) is 0. The van der Waals surface area contributed by atoms with Crippen molar-refractivity contribution in [3.05, 3.63) is 47.7 Å². The molecule has 27 heavy (non-hydrogen) atoms. The third-order valence-electron chi connectivity index (χ3n) is 4.16. The van der Waals surface area contributed by atoms with E-state index in [4.69, 9.17) is 23.7 Å². The zero-order chi connectivity index (χ0) is 19.4. The zero-order valence-electron chi connectivity index (χ0n) is 15.6. The molecule has 0 aromatic heterocycles. The van der Waals surface area contributed by atoms with Crippen molar-refractivity contribution in [2.45, 2.75) is 0 Å². The fourth-order valence-corrected chi connectivity index (χ4v) is 2.87. The molecule has 1 amide bonds. The van der Waals surface area contributed by atoms with Crippen molar-refractivity contribution in [3.8, 4) is 23.0 Å². The Balaban J connectivity index is 2.00. The molecule has 1 fully saturated rings. The standard InChI is InChI=1S/C20H21NO6/c1-23-16-7-5-14(6-8-16)21-15(12-27-20(21)22)9-13-10-17(24-2)19(26-4)18(11-13)25-3/h5-11H,12H2,1-4H3/b15-9-. The van der Waals surface area contributed by atoms with Crippen molar-refractivity contribution < 1.29 is 28.5 Å². The number of ether oxygens (including phenoxy) is 5. The molecule has 1 heterocycles. The molecule has 0 radical (unpaired) electrons. The van der Waals surface area contributed by atoms with Gasteiger partial charge in [0.05, 0.1) is 39.8 Å². The van der Waals surface area contributed by atoms with Gasteiger partial charge in [0.25, 0.3) is 0 Å². The van der Waals surface area contributed by atoms with Gasteiger partial charge in [-0.2, -0.15) is 0 Å². The van der Waals surface area contributed by atoms with Gasteiger partial charge in [-0.3, -0.25) is 0 Å². The molecule has 0 unspecified atom stereocenters. The van der Waals surface area contributed by atoms with E-state index in [-0.39, 0.29) is 6.61 Å². The Kier molecular flexibility index (Phi) is 5.40. The summed E-state index contributed by atoms with van der Waals surface area (Å²) in [6.45, 7) is 0.168. The van der Waals surface area contributed by atoms with E-state index in [1.807, 2.05) is 18.2 Å². The van der Waals surface area contributed by atoms with E-state index in [1.54, 1.807) is 52.7 Å². The molecule has 0 bridgehead atoms. The maximum Gasteiger partial charge on any atom is 0.419 e. The monoisotopic (exact) mass is 371 g/mol. The molecular weight excluding hydrogens is 350 g/mol. The lowest BCUT2D eigenvalue weighted by atomic mass is 10.1. The van der Waals surface area contributed by atoms with Crippen LogP contribution in [0.1, 0.15) is 5.56 Å². The number of amides is 1. The largest absolute Gasteiger partial charge is 0.497 e. The molecule has 0 atom stereocenters. The minimum Gasteiger partial charge on any atom is -0.497 e. The van der Waals surface area contributed by atoms with Crippen molar-refractivity contribution in [1.29, 1.82) is 0 Å². The summed E-state index contributed by atoms with van der Waals surface area (Å²) < 4.78 is 26.5. The third-order valence-corrected chi connectivity index (χ3v) is 4.16. The van der Waals surface area contributed by atoms with Crippen LogP contribution in [-0.4, -0.2) is 41.1 Å². The number of rotatable bonds is 6. The van der Waals surface area contributed by atoms with Crippen LogP contribution in [0.4, 0.5) is 10.5 Å². The van der Waals surface area contributed by atoms with Gasteiger partial charge in [0, 0.05) is 0 Å². The lowest BCUT2D eigenvalue weighted by Crippen LogP contribution is -2.21. The maximum absolute atomic E-state index is 12.2. The highest BCUT2D eigenvalue weighted by Crippen LogP contribution is 2.39. The van der Waals surface area contributed by atoms with Gasteiger partial charge in [-0.15, -0.1) is 0 Å². The van der Waals surface area contributed by atoms with Gasteiger partial charge >= 0.3 is 6.09 Å². The van der Waals surface area contributed by atoms with Crippen LogP contribution in [0.25, 0.3) is 6.08 Å². The summed E-state index contributed by atoms with van der Waals surface area (Å²) in [6.07, 6.45) is 1.42. The number of anilines is 1. The molecule has 0 spiro atoms. The summed E-state index contributed by atoms with van der Waals surface area (Å²) in [7, 11) is 6.25. The van der Waals surface area contributed by atoms with E-state index in [0.29, 0.717) is 34.4 Å². The highest BCUT2D eigenvalue weighted by atomic mass is 16.6. The summed E-state index contributed by atoms with van der Waals surface area (Å²) in [6, 6.07) is 10.8. The molecule has 0 N–H and O–H groups in total. The van der Waals surface area contributed by atoms with E-state index in [9.17, 15) is 4.79 Å². The first-order chi connectivity index (χ1) is 13.1. The van der Waals surface area contributed by atoms with E-state index >= 15 is 0 Å². The van der Waals surface area contributed by atoms with Crippen LogP contribution >= 0.6 is 0 Å². The molecule has 0 saturated carbocycles. The highest BCUT2D eigenvalue weighted by Gasteiger charge is 2.29. The summed E-state index contributed by atoms with van der Waals surface area (Å²) in [4.78, 5) is 13.8. The first-order valence-corrected chi connectivity index (χ1v) is 8.22. The quantitative estimate of drug-likeness (QED) is 0.771. The predicted octanol–water partition coefficient (Wildman–Crippen LogP) is 3.72. The van der Waals surface area contributed by atoms with Crippen LogP contribution in [0, 0.1) is 0 Å². The van der Waals surface area contributed by atoms with Gasteiger partial charge in [0.2, 0.25) is 5.75 Å². The molecular formula is C20H21NO6. The second kappa shape index (κ2) is 7.90. The predicted molar refractivity (Wildman–Crippen MR) is 101 cm³/mol. The Morgan fingerprint density at radius 2 is 1.56 bits per heavy atom. The van der Waals surface area contributed by atoms with Crippen LogP contribution in [0.5, 0.6) is 23.0 Å². The second-order valence-electron chi connectivity index (χ2n) is 5.68. The Morgan fingerprint density at radius 1 is 0.926 bits per heavy atom. The SMILES string of the molecule is COc1ccc(N2C(=O)OC/C2=C/c2cc(OC)c(OC)c(OC)c2)cc1. The van der Waals surface area contributed by atoms with Crippen molar-refractivity contribution in [2.24, 2.45) is 0 Å². The van der Waals surface area contributed by atoms with Crippen LogP contribution in [0.2, 0.25) is 0 Å². The average Bonchev–Trinajstić information content (AvgIpc) is 3.07. The smallest absolute Gasteiger partial charge is 0.419 e. The first-order valence-electron chi connectivity index (χ1n) is 8.22. The number of methoxy groups -OCH3 is 4. The molecule has 1 aliphatic rings. The maximum atomic E-state index is 12.2. The molecule has 1 saturated heterocycles. The summed E-state index contributed by atoms with van der Waals surface area (Å²) in [5.74, 6) is 2.28. The Bertz CT molecular complexity index is 834. The molecule has 7 heteroatoms. The van der Waals surface area contributed by atoms with Gasteiger partial charge < -0.3 is 23.7 Å². The Morgan fingerprint density at radius 3 is 2.07 bits per heavy atom. The highest BCUT2D eigenvalue weighted by molar-refractivity contribution is 5.95. The number of cyclic esters (lactones) is 1. The Hall–Kier alpha value is -3.35. The van der Waals surface area contributed by atoms with Crippen LogP contribution in [0.15, 0.2) is 42.1 Å². The number of hydrogen-bond acceptors (Lipinski definition) is 6. The van der Waals surface area contributed by atoms with Crippen molar-refractivity contribution >= 4 is 17.9 Å². The van der Waals surface area contributed by atoms with Gasteiger partial charge in [-0.05, 0) is 48.0 Å². The minimum absolute atomic E-state index is 0.168. The van der Waals surface area contributed by atoms with Gasteiger partial charge in [0.1, 0.15) is 12.4 Å². The zero-order valence-corrected chi connectivity index (χ0v) is 15.6. The molecule has 3 rings (SSSR count). The van der Waals surface area contributed by atoms with Gasteiger partial charge in [-0.25, -0.2) is 9.69 Å². The van der Waals surface area contributed by atoms with Crippen molar-refractivity contribution in [3.63, 3.8) is 0 Å². The number of nitrogens with zero attached hydrogens (tertiary/aromatic N) is 1. The molecule has 7 nitrogen and oxygen atoms in total. The average molecular weight is 371 g/mol. The van der Waals surface area contributed by atoms with Crippen LogP contribution in [-0.2, 0) is 4.74 Å². The molecule has 2 aromatic carbocycles. The lowest BCUT2D eigenvalue weighted by molar-refractivity contribution is 0.182. The second-order valence-corrected chi connectivity index (χ2v) is 5.68. The normalized spacial score (nSPS) is 14.9. The van der Waals surface area contributed by atoms with Crippen LogP contribution < -0.4 is 23.8 Å². The van der Waals surface area contributed by atoms with E-state index in [1.165, 1.54) is 4.90 Å². The van der Waals surface area contributed by atoms with Crippen LogP contribution in [0.3, 0.4) is 0 Å². The van der Waals surface area contributed by atoms with Crippen molar-refractivity contribution in [1.82, 2.24) is 0 Å².